The highest BCUT2D eigenvalue weighted by Crippen LogP contribution is 2.23. The van der Waals surface area contributed by atoms with E-state index in [1.165, 1.54) is 20.5 Å². The summed E-state index contributed by atoms with van der Waals surface area (Å²) < 4.78 is 17.4. The van der Waals surface area contributed by atoms with Crippen molar-refractivity contribution in [3.05, 3.63) is 83.3 Å². The van der Waals surface area contributed by atoms with Gasteiger partial charge in [-0.1, -0.05) is 35.9 Å². The van der Waals surface area contributed by atoms with Crippen LogP contribution in [0.2, 0.25) is 5.02 Å². The monoisotopic (exact) mass is 398 g/mol. The van der Waals surface area contributed by atoms with Crippen LogP contribution in [-0.2, 0) is 20.9 Å². The number of nitrogens with zero attached hydrogens (tertiary/aromatic N) is 2. The van der Waals surface area contributed by atoms with Crippen LogP contribution < -0.4 is 4.74 Å². The highest BCUT2D eigenvalue weighted by Gasteiger charge is 2.17. The molecule has 0 spiro atoms. The molecule has 1 aromatic heterocycles. The number of methoxy groups -OCH3 is 2. The van der Waals surface area contributed by atoms with Crippen molar-refractivity contribution < 1.29 is 19.0 Å². The van der Waals surface area contributed by atoms with Crippen LogP contribution in [0.5, 0.6) is 5.75 Å². The van der Waals surface area contributed by atoms with Gasteiger partial charge >= 0.3 is 5.97 Å². The van der Waals surface area contributed by atoms with E-state index in [4.69, 9.17) is 25.8 Å². The van der Waals surface area contributed by atoms with Crippen LogP contribution in [0, 0.1) is 0 Å². The van der Waals surface area contributed by atoms with Gasteiger partial charge in [0.15, 0.2) is 5.75 Å². The molecule has 0 saturated carbocycles. The highest BCUT2D eigenvalue weighted by molar-refractivity contribution is 6.30. The number of benzene rings is 2. The van der Waals surface area contributed by atoms with Crippen molar-refractivity contribution in [1.82, 2.24) is 9.78 Å². The summed E-state index contributed by atoms with van der Waals surface area (Å²) in [4.78, 5) is 12.1. The van der Waals surface area contributed by atoms with Crippen LogP contribution in [0.25, 0.3) is 11.3 Å². The fourth-order valence-electron chi connectivity index (χ4n) is 2.64. The van der Waals surface area contributed by atoms with Crippen LogP contribution in [0.4, 0.5) is 0 Å². The Morgan fingerprint density at radius 2 is 1.89 bits per heavy atom. The molecule has 6 nitrogen and oxygen atoms in total. The lowest BCUT2D eigenvalue weighted by molar-refractivity contribution is -0.133. The van der Waals surface area contributed by atoms with Crippen molar-refractivity contribution >= 4 is 23.1 Å². The molecule has 1 heterocycles. The molecular weight excluding hydrogens is 380 g/mol. The second kappa shape index (κ2) is 9.10. The van der Waals surface area contributed by atoms with Gasteiger partial charge in [0.2, 0.25) is 0 Å². The first-order valence-corrected chi connectivity index (χ1v) is 8.83. The van der Waals surface area contributed by atoms with E-state index in [-0.39, 0.29) is 6.61 Å². The molecule has 0 radical (unpaired) electrons. The van der Waals surface area contributed by atoms with E-state index in [0.717, 1.165) is 11.3 Å². The number of esters is 1. The van der Waals surface area contributed by atoms with E-state index < -0.39 is 5.97 Å². The molecule has 144 valence electrons. The molecule has 7 heteroatoms. The van der Waals surface area contributed by atoms with Crippen molar-refractivity contribution in [2.24, 2.45) is 0 Å². The number of halogens is 1. The SMILES string of the molecule is COC=C(C(=O)OC)c1ccccc1COc1cnn(-c2ccc(Cl)cc2)c1. The minimum Gasteiger partial charge on any atom is -0.503 e. The van der Waals surface area contributed by atoms with Gasteiger partial charge in [-0.25, -0.2) is 9.48 Å². The topological polar surface area (TPSA) is 62.6 Å². The highest BCUT2D eigenvalue weighted by atomic mass is 35.5. The van der Waals surface area contributed by atoms with Gasteiger partial charge in [0, 0.05) is 5.02 Å². The molecule has 0 aliphatic carbocycles. The molecule has 0 atom stereocenters. The predicted molar refractivity (Wildman–Crippen MR) is 106 cm³/mol. The van der Waals surface area contributed by atoms with Crippen molar-refractivity contribution in [2.75, 3.05) is 14.2 Å². The summed E-state index contributed by atoms with van der Waals surface area (Å²) in [6, 6.07) is 14.7. The summed E-state index contributed by atoms with van der Waals surface area (Å²) in [6.07, 6.45) is 4.77. The van der Waals surface area contributed by atoms with E-state index in [0.29, 0.717) is 21.9 Å². The van der Waals surface area contributed by atoms with E-state index in [1.54, 1.807) is 29.2 Å². The Morgan fingerprint density at radius 3 is 2.61 bits per heavy atom. The lowest BCUT2D eigenvalue weighted by Crippen LogP contribution is -2.08. The zero-order valence-electron chi connectivity index (χ0n) is 15.5. The summed E-state index contributed by atoms with van der Waals surface area (Å²) in [6.45, 7) is 0.251. The van der Waals surface area contributed by atoms with E-state index >= 15 is 0 Å². The molecule has 3 rings (SSSR count). The molecule has 0 aliphatic rings. The van der Waals surface area contributed by atoms with E-state index in [1.807, 2.05) is 36.4 Å². The maximum Gasteiger partial charge on any atom is 0.341 e. The maximum absolute atomic E-state index is 12.1. The van der Waals surface area contributed by atoms with Gasteiger partial charge in [0.25, 0.3) is 0 Å². The van der Waals surface area contributed by atoms with Gasteiger partial charge in [0.05, 0.1) is 38.6 Å². The largest absolute Gasteiger partial charge is 0.503 e. The lowest BCUT2D eigenvalue weighted by Gasteiger charge is -2.12. The third kappa shape index (κ3) is 4.53. The summed E-state index contributed by atoms with van der Waals surface area (Å²) in [5, 5.41) is 4.96. The van der Waals surface area contributed by atoms with Crippen molar-refractivity contribution in [3.63, 3.8) is 0 Å². The van der Waals surface area contributed by atoms with Gasteiger partial charge in [0.1, 0.15) is 12.2 Å². The quantitative estimate of drug-likeness (QED) is 0.338. The van der Waals surface area contributed by atoms with Crippen LogP contribution in [0.3, 0.4) is 0 Å². The number of rotatable bonds is 7. The van der Waals surface area contributed by atoms with Crippen molar-refractivity contribution in [2.45, 2.75) is 6.61 Å². The Bertz CT molecular complexity index is 980. The first-order chi connectivity index (χ1) is 13.6. The fraction of sp³-hybridized carbons (Fsp3) is 0.143. The van der Waals surface area contributed by atoms with Gasteiger partial charge < -0.3 is 14.2 Å². The number of carbonyl (C=O) groups excluding carboxylic acids is 1. The average Bonchev–Trinajstić information content (AvgIpc) is 3.20. The van der Waals surface area contributed by atoms with E-state index in [9.17, 15) is 4.79 Å². The number of carbonyl (C=O) groups is 1. The summed E-state index contributed by atoms with van der Waals surface area (Å²) in [5.74, 6) is 0.116. The Labute approximate surface area is 167 Å². The molecule has 0 fully saturated rings. The molecule has 0 N–H and O–H groups in total. The molecule has 28 heavy (non-hydrogen) atoms. The van der Waals surface area contributed by atoms with Crippen molar-refractivity contribution in [1.29, 1.82) is 0 Å². The standard InChI is InChI=1S/C21H19ClN2O4/c1-26-14-20(21(25)27-2)19-6-4-3-5-15(19)13-28-18-11-23-24(12-18)17-9-7-16(22)8-10-17/h3-12,14H,13H2,1-2H3. The first kappa shape index (κ1) is 19.5. The third-order valence-electron chi connectivity index (χ3n) is 3.99. The first-order valence-electron chi connectivity index (χ1n) is 8.45. The normalized spacial score (nSPS) is 11.2. The predicted octanol–water partition coefficient (Wildman–Crippen LogP) is 4.27. The fourth-order valence-corrected chi connectivity index (χ4v) is 2.76. The third-order valence-corrected chi connectivity index (χ3v) is 4.24. The van der Waals surface area contributed by atoms with Crippen LogP contribution in [-0.4, -0.2) is 30.0 Å². The zero-order chi connectivity index (χ0) is 19.9. The molecule has 2 aromatic carbocycles. The number of ether oxygens (including phenoxy) is 3. The molecular formula is C21H19ClN2O4. The molecule has 0 unspecified atom stereocenters. The summed E-state index contributed by atoms with van der Waals surface area (Å²) in [7, 11) is 2.81. The molecule has 0 saturated heterocycles. The smallest absolute Gasteiger partial charge is 0.341 e. The second-order valence-electron chi connectivity index (χ2n) is 5.80. The van der Waals surface area contributed by atoms with Gasteiger partial charge in [-0.05, 0) is 35.4 Å². The molecule has 0 amide bonds. The second-order valence-corrected chi connectivity index (χ2v) is 6.24. The lowest BCUT2D eigenvalue weighted by atomic mass is 10.0. The molecule has 0 bridgehead atoms. The maximum atomic E-state index is 12.1. The molecule has 3 aromatic rings. The minimum absolute atomic E-state index is 0.251. The summed E-state index contributed by atoms with van der Waals surface area (Å²) >= 11 is 5.92. The number of hydrogen-bond donors (Lipinski definition) is 0. The molecule has 0 aliphatic heterocycles. The van der Waals surface area contributed by atoms with E-state index in [2.05, 4.69) is 5.10 Å². The number of aromatic nitrogens is 2. The number of hydrogen-bond acceptors (Lipinski definition) is 5. The summed E-state index contributed by atoms with van der Waals surface area (Å²) in [5.41, 5.74) is 2.69. The zero-order valence-corrected chi connectivity index (χ0v) is 16.2. The Kier molecular flexibility index (Phi) is 6.34. The Morgan fingerprint density at radius 1 is 1.14 bits per heavy atom. The van der Waals surface area contributed by atoms with Crippen molar-refractivity contribution in [3.8, 4) is 11.4 Å². The van der Waals surface area contributed by atoms with Crippen LogP contribution in [0.1, 0.15) is 11.1 Å². The van der Waals surface area contributed by atoms with Gasteiger partial charge in [-0.3, -0.25) is 0 Å². The van der Waals surface area contributed by atoms with Gasteiger partial charge in [-0.2, -0.15) is 5.10 Å². The van der Waals surface area contributed by atoms with Gasteiger partial charge in [-0.15, -0.1) is 0 Å². The average molecular weight is 399 g/mol. The minimum atomic E-state index is -0.482. The Hall–Kier alpha value is -3.25. The van der Waals surface area contributed by atoms with Crippen LogP contribution in [0.15, 0.2) is 67.2 Å². The Balaban J connectivity index is 1.78. The van der Waals surface area contributed by atoms with Crippen LogP contribution >= 0.6 is 11.6 Å².